The summed E-state index contributed by atoms with van der Waals surface area (Å²) >= 11 is 7.36. The van der Waals surface area contributed by atoms with E-state index in [1.54, 1.807) is 12.1 Å². The minimum atomic E-state index is -0.391. The number of amides is 1. The van der Waals surface area contributed by atoms with Crippen molar-refractivity contribution < 1.29 is 4.79 Å². The molecule has 0 saturated heterocycles. The minimum absolute atomic E-state index is 0.0568. The van der Waals surface area contributed by atoms with Crippen LogP contribution in [0.2, 0.25) is 5.02 Å². The van der Waals surface area contributed by atoms with Crippen LogP contribution >= 0.6 is 22.9 Å². The number of H-pyrrole nitrogens is 1. The average Bonchev–Trinajstić information content (AvgIpc) is 3.14. The maximum atomic E-state index is 12.4. The molecule has 0 radical (unpaired) electrons. The molecule has 0 unspecified atom stereocenters. The van der Waals surface area contributed by atoms with Crippen molar-refractivity contribution in [3.8, 4) is 0 Å². The molecular formula is C17H14ClN3O2S. The van der Waals surface area contributed by atoms with E-state index in [1.165, 1.54) is 16.2 Å². The van der Waals surface area contributed by atoms with Crippen molar-refractivity contribution in [3.05, 3.63) is 61.5 Å². The molecule has 7 heteroatoms. The van der Waals surface area contributed by atoms with E-state index in [1.807, 2.05) is 12.1 Å². The zero-order valence-electron chi connectivity index (χ0n) is 12.7. The van der Waals surface area contributed by atoms with Crippen LogP contribution in [0.1, 0.15) is 33.0 Å². The number of carbonyl (C=O) groups excluding carboxylic acids is 1. The molecule has 0 aliphatic heterocycles. The van der Waals surface area contributed by atoms with Crippen molar-refractivity contribution in [2.24, 2.45) is 0 Å². The van der Waals surface area contributed by atoms with Gasteiger partial charge in [-0.05, 0) is 42.5 Å². The van der Waals surface area contributed by atoms with Gasteiger partial charge in [0, 0.05) is 16.4 Å². The summed E-state index contributed by atoms with van der Waals surface area (Å²) in [4.78, 5) is 33.5. The molecule has 2 aromatic heterocycles. The predicted molar refractivity (Wildman–Crippen MR) is 94.9 cm³/mol. The van der Waals surface area contributed by atoms with Crippen molar-refractivity contribution in [1.82, 2.24) is 15.3 Å². The molecule has 3 aromatic rings. The summed E-state index contributed by atoms with van der Waals surface area (Å²) in [6.07, 6.45) is 3.00. The van der Waals surface area contributed by atoms with E-state index in [2.05, 4.69) is 15.3 Å². The largest absolute Gasteiger partial charge is 0.345 e. The molecule has 2 heterocycles. The van der Waals surface area contributed by atoms with Gasteiger partial charge < -0.3 is 10.3 Å². The summed E-state index contributed by atoms with van der Waals surface area (Å²) in [5, 5.41) is 4.07. The second kappa shape index (κ2) is 6.03. The van der Waals surface area contributed by atoms with Crippen LogP contribution in [0.4, 0.5) is 0 Å². The van der Waals surface area contributed by atoms with Gasteiger partial charge in [-0.2, -0.15) is 0 Å². The highest BCUT2D eigenvalue weighted by Crippen LogP contribution is 2.34. The molecule has 1 amide bonds. The first-order valence-corrected chi connectivity index (χ1v) is 8.88. The molecule has 122 valence electrons. The number of halogens is 1. The highest BCUT2D eigenvalue weighted by molar-refractivity contribution is 7.18. The van der Waals surface area contributed by atoms with Gasteiger partial charge in [-0.1, -0.05) is 23.7 Å². The number of thiophene rings is 1. The van der Waals surface area contributed by atoms with E-state index in [-0.39, 0.29) is 11.4 Å². The summed E-state index contributed by atoms with van der Waals surface area (Å²) < 4.78 is 0. The predicted octanol–water partition coefficient (Wildman–Crippen LogP) is 3.06. The number of nitrogens with zero attached hydrogens (tertiary/aromatic N) is 1. The van der Waals surface area contributed by atoms with Crippen LogP contribution in [-0.2, 0) is 19.4 Å². The number of hydrogen-bond donors (Lipinski definition) is 2. The number of aryl methyl sites for hydroxylation is 2. The highest BCUT2D eigenvalue weighted by Gasteiger charge is 2.22. The molecule has 1 aliphatic rings. The van der Waals surface area contributed by atoms with Crippen molar-refractivity contribution >= 4 is 39.1 Å². The Labute approximate surface area is 146 Å². The van der Waals surface area contributed by atoms with Gasteiger partial charge in [0.25, 0.3) is 11.5 Å². The molecule has 0 saturated carbocycles. The lowest BCUT2D eigenvalue weighted by atomic mass is 10.2. The Morgan fingerprint density at radius 3 is 2.88 bits per heavy atom. The number of fused-ring (bicyclic) bond motifs is 3. The van der Waals surface area contributed by atoms with Crippen LogP contribution < -0.4 is 10.9 Å². The van der Waals surface area contributed by atoms with Gasteiger partial charge in [-0.25, -0.2) is 4.98 Å². The van der Waals surface area contributed by atoms with Crippen LogP contribution in [0.15, 0.2) is 29.1 Å². The van der Waals surface area contributed by atoms with Gasteiger partial charge in [-0.3, -0.25) is 9.59 Å². The Hall–Kier alpha value is -2.18. The molecule has 2 N–H and O–H groups in total. The lowest BCUT2D eigenvalue weighted by Crippen LogP contribution is -2.27. The lowest BCUT2D eigenvalue weighted by Gasteiger charge is -2.05. The number of carbonyl (C=O) groups is 1. The Morgan fingerprint density at radius 1 is 1.29 bits per heavy atom. The Kier molecular flexibility index (Phi) is 3.86. The first-order chi connectivity index (χ1) is 11.6. The Bertz CT molecular complexity index is 991. The van der Waals surface area contributed by atoms with Crippen LogP contribution in [0.5, 0.6) is 0 Å². The van der Waals surface area contributed by atoms with Crippen molar-refractivity contribution in [3.63, 3.8) is 0 Å². The number of hydrogen-bond acceptors (Lipinski definition) is 4. The van der Waals surface area contributed by atoms with Crippen LogP contribution in [-0.4, -0.2) is 15.9 Å². The number of aromatic nitrogens is 2. The van der Waals surface area contributed by atoms with E-state index in [4.69, 9.17) is 11.6 Å². The second-order valence-corrected chi connectivity index (χ2v) is 7.28. The first-order valence-electron chi connectivity index (χ1n) is 7.69. The quantitative estimate of drug-likeness (QED) is 0.754. The summed E-state index contributed by atoms with van der Waals surface area (Å²) in [5.74, 6) is -0.334. The molecule has 1 aromatic carbocycles. The standard InChI is InChI=1S/C17H14ClN3O2S/c18-10-6-4-9(5-7-10)8-19-16(23)14-20-15(22)13-11-2-1-3-12(11)24-17(13)21-14/h4-7H,1-3,8H2,(H,19,23)(H,20,21,22). The number of aromatic amines is 1. The molecule has 24 heavy (non-hydrogen) atoms. The third-order valence-electron chi connectivity index (χ3n) is 4.16. The SMILES string of the molecule is O=C(NCc1ccc(Cl)cc1)c1nc2sc3c(c2c(=O)[nH]1)CCC3. The number of benzene rings is 1. The van der Waals surface area contributed by atoms with Gasteiger partial charge in [0.2, 0.25) is 5.82 Å². The fraction of sp³-hybridized carbons (Fsp3) is 0.235. The molecule has 1 aliphatic carbocycles. The molecule has 0 bridgehead atoms. The zero-order chi connectivity index (χ0) is 16.7. The fourth-order valence-electron chi connectivity index (χ4n) is 2.98. The van der Waals surface area contributed by atoms with E-state index in [0.717, 1.165) is 30.4 Å². The lowest BCUT2D eigenvalue weighted by molar-refractivity contribution is 0.0940. The van der Waals surface area contributed by atoms with Gasteiger partial charge >= 0.3 is 0 Å². The van der Waals surface area contributed by atoms with Crippen molar-refractivity contribution in [2.75, 3.05) is 0 Å². The maximum absolute atomic E-state index is 12.4. The summed E-state index contributed by atoms with van der Waals surface area (Å²) in [6.45, 7) is 0.346. The minimum Gasteiger partial charge on any atom is -0.345 e. The smallest absolute Gasteiger partial charge is 0.287 e. The second-order valence-electron chi connectivity index (χ2n) is 5.76. The van der Waals surface area contributed by atoms with Crippen molar-refractivity contribution in [2.45, 2.75) is 25.8 Å². The Morgan fingerprint density at radius 2 is 2.08 bits per heavy atom. The normalized spacial score (nSPS) is 13.2. The fourth-order valence-corrected chi connectivity index (χ4v) is 4.37. The first kappa shape index (κ1) is 15.4. The van der Waals surface area contributed by atoms with E-state index >= 15 is 0 Å². The Balaban J connectivity index is 1.58. The third kappa shape index (κ3) is 2.72. The third-order valence-corrected chi connectivity index (χ3v) is 5.59. The van der Waals surface area contributed by atoms with Crippen LogP contribution in [0.3, 0.4) is 0 Å². The topological polar surface area (TPSA) is 74.8 Å². The van der Waals surface area contributed by atoms with Gasteiger partial charge in [0.15, 0.2) is 0 Å². The highest BCUT2D eigenvalue weighted by atomic mass is 35.5. The van der Waals surface area contributed by atoms with E-state index in [0.29, 0.717) is 21.8 Å². The molecule has 0 spiro atoms. The number of rotatable bonds is 3. The monoisotopic (exact) mass is 359 g/mol. The van der Waals surface area contributed by atoms with Crippen molar-refractivity contribution in [1.29, 1.82) is 0 Å². The van der Waals surface area contributed by atoms with Crippen LogP contribution in [0.25, 0.3) is 10.2 Å². The molecule has 4 rings (SSSR count). The summed E-state index contributed by atoms with van der Waals surface area (Å²) in [7, 11) is 0. The zero-order valence-corrected chi connectivity index (χ0v) is 14.3. The van der Waals surface area contributed by atoms with E-state index in [9.17, 15) is 9.59 Å². The molecular weight excluding hydrogens is 346 g/mol. The molecule has 0 fully saturated rings. The molecule has 5 nitrogen and oxygen atoms in total. The average molecular weight is 360 g/mol. The summed E-state index contributed by atoms with van der Waals surface area (Å²) in [5.41, 5.74) is 1.80. The maximum Gasteiger partial charge on any atom is 0.287 e. The number of nitrogens with one attached hydrogen (secondary N) is 2. The van der Waals surface area contributed by atoms with Gasteiger partial charge in [0.05, 0.1) is 5.39 Å². The van der Waals surface area contributed by atoms with Gasteiger partial charge in [0.1, 0.15) is 4.83 Å². The molecule has 0 atom stereocenters. The van der Waals surface area contributed by atoms with Crippen LogP contribution in [0, 0.1) is 0 Å². The van der Waals surface area contributed by atoms with E-state index < -0.39 is 5.91 Å². The summed E-state index contributed by atoms with van der Waals surface area (Å²) in [6, 6.07) is 7.21. The van der Waals surface area contributed by atoms with Gasteiger partial charge in [-0.15, -0.1) is 11.3 Å².